The minimum absolute atomic E-state index is 0.303. The Labute approximate surface area is 111 Å². The van der Waals surface area contributed by atoms with Crippen molar-refractivity contribution in [3.8, 4) is 0 Å². The van der Waals surface area contributed by atoms with Crippen molar-refractivity contribution < 1.29 is 0 Å². The van der Waals surface area contributed by atoms with Crippen LogP contribution in [0, 0.1) is 20.8 Å². The van der Waals surface area contributed by atoms with Crippen LogP contribution in [-0.2, 0) is 0 Å². The molecular weight excluding hydrogens is 248 g/mol. The zero-order valence-corrected chi connectivity index (χ0v) is 12.3. The van der Waals surface area contributed by atoms with Crippen molar-refractivity contribution in [2.45, 2.75) is 33.7 Å². The Kier molecular flexibility index (Phi) is 3.97. The second kappa shape index (κ2) is 5.29. The first-order chi connectivity index (χ1) is 8.13. The number of thiophene rings is 1. The molecule has 2 rings (SSSR count). The normalized spacial score (nSPS) is 12.9. The van der Waals surface area contributed by atoms with E-state index in [2.05, 4.69) is 49.4 Å². The van der Waals surface area contributed by atoms with E-state index in [1.54, 1.807) is 11.3 Å². The first-order valence-corrected chi connectivity index (χ1v) is 7.54. The summed E-state index contributed by atoms with van der Waals surface area (Å²) in [5.74, 6) is 0. The SMILES string of the molecule is CCNC(c1ccsc1C)c1sc(C)nc1C. The van der Waals surface area contributed by atoms with Gasteiger partial charge in [0, 0.05) is 9.75 Å². The monoisotopic (exact) mass is 266 g/mol. The summed E-state index contributed by atoms with van der Waals surface area (Å²) >= 11 is 3.61. The lowest BCUT2D eigenvalue weighted by atomic mass is 10.1. The van der Waals surface area contributed by atoms with Gasteiger partial charge in [-0.1, -0.05) is 6.92 Å². The molecular formula is C13H18N2S2. The lowest BCUT2D eigenvalue weighted by molar-refractivity contribution is 0.635. The molecule has 2 nitrogen and oxygen atoms in total. The van der Waals surface area contributed by atoms with Crippen LogP contribution in [-0.4, -0.2) is 11.5 Å². The average molecular weight is 266 g/mol. The Morgan fingerprint density at radius 1 is 1.35 bits per heavy atom. The van der Waals surface area contributed by atoms with Crippen molar-refractivity contribution in [1.29, 1.82) is 0 Å². The van der Waals surface area contributed by atoms with E-state index in [1.807, 2.05) is 11.3 Å². The molecule has 2 aromatic heterocycles. The fourth-order valence-corrected chi connectivity index (χ4v) is 3.82. The second-order valence-electron chi connectivity index (χ2n) is 4.11. The molecule has 0 amide bonds. The fraction of sp³-hybridized carbons (Fsp3) is 0.462. The molecule has 0 aliphatic carbocycles. The third-order valence-electron chi connectivity index (χ3n) is 2.82. The molecule has 0 aliphatic heterocycles. The third-order valence-corrected chi connectivity index (χ3v) is 4.82. The van der Waals surface area contributed by atoms with Crippen LogP contribution < -0.4 is 5.32 Å². The summed E-state index contributed by atoms with van der Waals surface area (Å²) < 4.78 is 0. The van der Waals surface area contributed by atoms with E-state index >= 15 is 0 Å². The van der Waals surface area contributed by atoms with E-state index in [9.17, 15) is 0 Å². The number of hydrogen-bond donors (Lipinski definition) is 1. The molecule has 0 fully saturated rings. The van der Waals surface area contributed by atoms with Crippen molar-refractivity contribution in [1.82, 2.24) is 10.3 Å². The highest BCUT2D eigenvalue weighted by atomic mass is 32.1. The van der Waals surface area contributed by atoms with E-state index in [0.717, 1.165) is 17.2 Å². The van der Waals surface area contributed by atoms with Crippen LogP contribution in [0.15, 0.2) is 11.4 Å². The van der Waals surface area contributed by atoms with Gasteiger partial charge in [0.2, 0.25) is 0 Å². The zero-order chi connectivity index (χ0) is 12.4. The highest BCUT2D eigenvalue weighted by Crippen LogP contribution is 2.33. The molecule has 0 spiro atoms. The van der Waals surface area contributed by atoms with Gasteiger partial charge in [-0.15, -0.1) is 22.7 Å². The van der Waals surface area contributed by atoms with Gasteiger partial charge < -0.3 is 5.32 Å². The molecule has 0 aromatic carbocycles. The summed E-state index contributed by atoms with van der Waals surface area (Å²) in [6.07, 6.45) is 0. The van der Waals surface area contributed by atoms with E-state index in [4.69, 9.17) is 0 Å². The van der Waals surface area contributed by atoms with Gasteiger partial charge >= 0.3 is 0 Å². The maximum Gasteiger partial charge on any atom is 0.0900 e. The van der Waals surface area contributed by atoms with E-state index in [0.29, 0.717) is 6.04 Å². The Balaban J connectivity index is 2.42. The predicted octanol–water partition coefficient (Wildman–Crippen LogP) is 3.83. The van der Waals surface area contributed by atoms with Gasteiger partial charge in [0.15, 0.2) is 0 Å². The molecule has 1 N–H and O–H groups in total. The van der Waals surface area contributed by atoms with Gasteiger partial charge in [0.05, 0.1) is 16.7 Å². The number of nitrogens with one attached hydrogen (secondary N) is 1. The molecule has 1 unspecified atom stereocenters. The van der Waals surface area contributed by atoms with E-state index in [1.165, 1.54) is 15.3 Å². The smallest absolute Gasteiger partial charge is 0.0900 e. The lowest BCUT2D eigenvalue weighted by Gasteiger charge is -2.17. The van der Waals surface area contributed by atoms with Crippen LogP contribution in [0.2, 0.25) is 0 Å². The molecule has 2 aromatic rings. The minimum Gasteiger partial charge on any atom is -0.306 e. The average Bonchev–Trinajstić information content (AvgIpc) is 2.82. The Bertz CT molecular complexity index is 499. The van der Waals surface area contributed by atoms with Gasteiger partial charge in [-0.25, -0.2) is 4.98 Å². The van der Waals surface area contributed by atoms with Gasteiger partial charge in [0.1, 0.15) is 0 Å². The van der Waals surface area contributed by atoms with Gasteiger partial charge in [-0.2, -0.15) is 0 Å². The quantitative estimate of drug-likeness (QED) is 0.909. The lowest BCUT2D eigenvalue weighted by Crippen LogP contribution is -2.21. The topological polar surface area (TPSA) is 24.9 Å². The van der Waals surface area contributed by atoms with E-state index < -0.39 is 0 Å². The zero-order valence-electron chi connectivity index (χ0n) is 10.7. The van der Waals surface area contributed by atoms with Crippen LogP contribution in [0.4, 0.5) is 0 Å². The summed E-state index contributed by atoms with van der Waals surface area (Å²) in [6.45, 7) is 9.48. The minimum atomic E-state index is 0.303. The summed E-state index contributed by atoms with van der Waals surface area (Å²) in [4.78, 5) is 7.28. The predicted molar refractivity (Wildman–Crippen MR) is 76.2 cm³/mol. The van der Waals surface area contributed by atoms with Gasteiger partial charge in [0.25, 0.3) is 0 Å². The van der Waals surface area contributed by atoms with Crippen LogP contribution in [0.5, 0.6) is 0 Å². The highest BCUT2D eigenvalue weighted by Gasteiger charge is 2.20. The number of thiazole rings is 1. The Hall–Kier alpha value is -0.710. The summed E-state index contributed by atoms with van der Waals surface area (Å²) in [5.41, 5.74) is 2.55. The molecule has 0 saturated carbocycles. The fourth-order valence-electron chi connectivity index (χ4n) is 2.06. The molecule has 0 aliphatic rings. The summed E-state index contributed by atoms with van der Waals surface area (Å²) in [7, 11) is 0. The Morgan fingerprint density at radius 3 is 2.59 bits per heavy atom. The molecule has 0 bridgehead atoms. The first kappa shape index (κ1) is 12.7. The standard InChI is InChI=1S/C13H18N2S2/c1-5-14-12(11-6-7-16-9(11)3)13-8(2)15-10(4)17-13/h6-7,12,14H,5H2,1-4H3. The number of rotatable bonds is 4. The van der Waals surface area contributed by atoms with Crippen LogP contribution >= 0.6 is 22.7 Å². The number of nitrogens with zero attached hydrogens (tertiary/aromatic N) is 1. The molecule has 17 heavy (non-hydrogen) atoms. The molecule has 0 radical (unpaired) electrons. The highest BCUT2D eigenvalue weighted by molar-refractivity contribution is 7.12. The van der Waals surface area contributed by atoms with E-state index in [-0.39, 0.29) is 0 Å². The van der Waals surface area contributed by atoms with Crippen molar-refractivity contribution in [3.05, 3.63) is 37.5 Å². The number of aryl methyl sites for hydroxylation is 3. The molecule has 92 valence electrons. The number of aromatic nitrogens is 1. The maximum atomic E-state index is 4.54. The van der Waals surface area contributed by atoms with Crippen LogP contribution in [0.1, 0.15) is 39.0 Å². The van der Waals surface area contributed by atoms with Gasteiger partial charge in [-0.3, -0.25) is 0 Å². The third kappa shape index (κ3) is 2.59. The van der Waals surface area contributed by atoms with Crippen LogP contribution in [0.25, 0.3) is 0 Å². The van der Waals surface area contributed by atoms with Crippen molar-refractivity contribution >= 4 is 22.7 Å². The van der Waals surface area contributed by atoms with Crippen molar-refractivity contribution in [2.24, 2.45) is 0 Å². The summed E-state index contributed by atoms with van der Waals surface area (Å²) in [5, 5.41) is 6.88. The summed E-state index contributed by atoms with van der Waals surface area (Å²) in [6, 6.07) is 2.53. The second-order valence-corrected chi connectivity index (χ2v) is 6.46. The molecule has 0 saturated heterocycles. The molecule has 2 heterocycles. The maximum absolute atomic E-state index is 4.54. The van der Waals surface area contributed by atoms with Crippen molar-refractivity contribution in [2.75, 3.05) is 6.54 Å². The first-order valence-electron chi connectivity index (χ1n) is 5.84. The van der Waals surface area contributed by atoms with Gasteiger partial charge in [-0.05, 0) is 44.3 Å². The largest absolute Gasteiger partial charge is 0.306 e. The Morgan fingerprint density at radius 2 is 2.12 bits per heavy atom. The molecule has 4 heteroatoms. The van der Waals surface area contributed by atoms with Crippen molar-refractivity contribution in [3.63, 3.8) is 0 Å². The molecule has 1 atom stereocenters. The number of hydrogen-bond acceptors (Lipinski definition) is 4. The van der Waals surface area contributed by atoms with Crippen LogP contribution in [0.3, 0.4) is 0 Å².